The second-order valence-corrected chi connectivity index (χ2v) is 9.10. The minimum Gasteiger partial charge on any atom is -0.383 e. The summed E-state index contributed by atoms with van der Waals surface area (Å²) in [5.74, 6) is 1.95. The van der Waals surface area contributed by atoms with Crippen LogP contribution in [0.4, 0.5) is 11.9 Å². The SMILES string of the molecule is COC[C@H](C)NC1CCC(Nc2ncc(Cl)c(-c3ccnc(NCC4CC4)n3)n2)CC1. The molecule has 0 radical (unpaired) electrons. The molecule has 2 aliphatic rings. The van der Waals surface area contributed by atoms with Gasteiger partial charge in [0, 0.05) is 38.0 Å². The maximum Gasteiger partial charge on any atom is 0.223 e. The van der Waals surface area contributed by atoms with Crippen LogP contribution >= 0.6 is 11.6 Å². The molecule has 0 aliphatic heterocycles. The Bertz CT molecular complexity index is 856. The summed E-state index contributed by atoms with van der Waals surface area (Å²) in [5, 5.41) is 10.9. The molecule has 0 spiro atoms. The van der Waals surface area contributed by atoms with Crippen LogP contribution in [0.3, 0.4) is 0 Å². The minimum absolute atomic E-state index is 0.353. The zero-order chi connectivity index (χ0) is 21.6. The third kappa shape index (κ3) is 6.48. The fraction of sp³-hybridized carbons (Fsp3) is 0.636. The van der Waals surface area contributed by atoms with Gasteiger partial charge in [-0.1, -0.05) is 11.6 Å². The Morgan fingerprint density at radius 3 is 2.58 bits per heavy atom. The number of halogens is 1. The van der Waals surface area contributed by atoms with Gasteiger partial charge >= 0.3 is 0 Å². The van der Waals surface area contributed by atoms with Gasteiger partial charge in [0.1, 0.15) is 5.69 Å². The number of ether oxygens (including phenoxy) is 1. The van der Waals surface area contributed by atoms with Crippen LogP contribution in [0.25, 0.3) is 11.4 Å². The summed E-state index contributed by atoms with van der Waals surface area (Å²) < 4.78 is 5.22. The number of anilines is 2. The molecule has 1 atom stereocenters. The first-order valence-electron chi connectivity index (χ1n) is 11.2. The maximum absolute atomic E-state index is 6.40. The molecule has 2 fully saturated rings. The van der Waals surface area contributed by atoms with Gasteiger partial charge in [-0.25, -0.2) is 19.9 Å². The normalized spacial score (nSPS) is 22.2. The Kier molecular flexibility index (Phi) is 7.53. The molecular weight excluding hydrogens is 414 g/mol. The van der Waals surface area contributed by atoms with Crippen LogP contribution < -0.4 is 16.0 Å². The quantitative estimate of drug-likeness (QED) is 0.508. The molecule has 2 heterocycles. The first-order valence-corrected chi connectivity index (χ1v) is 11.6. The van der Waals surface area contributed by atoms with Crippen molar-refractivity contribution in [3.63, 3.8) is 0 Å². The van der Waals surface area contributed by atoms with Gasteiger partial charge in [0.05, 0.1) is 23.5 Å². The highest BCUT2D eigenvalue weighted by Gasteiger charge is 2.23. The highest BCUT2D eigenvalue weighted by atomic mass is 35.5. The lowest BCUT2D eigenvalue weighted by Crippen LogP contribution is -2.43. The van der Waals surface area contributed by atoms with Gasteiger partial charge in [0.25, 0.3) is 0 Å². The van der Waals surface area contributed by atoms with Crippen LogP contribution in [0.1, 0.15) is 45.4 Å². The van der Waals surface area contributed by atoms with E-state index in [2.05, 4.69) is 42.8 Å². The van der Waals surface area contributed by atoms with Gasteiger partial charge in [-0.3, -0.25) is 0 Å². The van der Waals surface area contributed by atoms with Crippen molar-refractivity contribution in [1.82, 2.24) is 25.3 Å². The fourth-order valence-corrected chi connectivity index (χ4v) is 4.22. The highest BCUT2D eigenvalue weighted by Crippen LogP contribution is 2.29. The number of rotatable bonds is 10. The van der Waals surface area contributed by atoms with Gasteiger partial charge in [0.15, 0.2) is 0 Å². The molecule has 9 heteroatoms. The molecule has 31 heavy (non-hydrogen) atoms. The van der Waals surface area contributed by atoms with Gasteiger partial charge in [0.2, 0.25) is 11.9 Å². The Labute approximate surface area is 189 Å². The number of nitrogens with zero attached hydrogens (tertiary/aromatic N) is 4. The Morgan fingerprint density at radius 2 is 1.84 bits per heavy atom. The highest BCUT2D eigenvalue weighted by molar-refractivity contribution is 6.32. The molecule has 2 aliphatic carbocycles. The lowest BCUT2D eigenvalue weighted by molar-refractivity contribution is 0.161. The van der Waals surface area contributed by atoms with E-state index >= 15 is 0 Å². The van der Waals surface area contributed by atoms with Gasteiger partial charge in [-0.2, -0.15) is 0 Å². The van der Waals surface area contributed by atoms with E-state index in [1.54, 1.807) is 19.5 Å². The summed E-state index contributed by atoms with van der Waals surface area (Å²) >= 11 is 6.40. The monoisotopic (exact) mass is 445 g/mol. The topological polar surface area (TPSA) is 96.9 Å². The van der Waals surface area contributed by atoms with E-state index in [9.17, 15) is 0 Å². The molecule has 4 rings (SSSR count). The summed E-state index contributed by atoms with van der Waals surface area (Å²) in [7, 11) is 1.74. The van der Waals surface area contributed by atoms with Crippen LogP contribution in [-0.2, 0) is 4.74 Å². The Balaban J connectivity index is 1.35. The number of methoxy groups -OCH3 is 1. The van der Waals surface area contributed by atoms with Crippen molar-refractivity contribution in [2.45, 2.75) is 63.6 Å². The zero-order valence-electron chi connectivity index (χ0n) is 18.3. The third-order valence-electron chi connectivity index (χ3n) is 5.89. The lowest BCUT2D eigenvalue weighted by Gasteiger charge is -2.31. The van der Waals surface area contributed by atoms with E-state index in [-0.39, 0.29) is 0 Å². The number of aromatic nitrogens is 4. The van der Waals surface area contributed by atoms with Crippen molar-refractivity contribution in [1.29, 1.82) is 0 Å². The first-order chi connectivity index (χ1) is 15.1. The number of hydrogen-bond donors (Lipinski definition) is 3. The van der Waals surface area contributed by atoms with Crippen molar-refractivity contribution >= 4 is 23.5 Å². The summed E-state index contributed by atoms with van der Waals surface area (Å²) in [5.41, 5.74) is 1.32. The van der Waals surface area contributed by atoms with Crippen LogP contribution in [0.2, 0.25) is 5.02 Å². The van der Waals surface area contributed by atoms with Crippen molar-refractivity contribution in [2.75, 3.05) is 30.9 Å². The molecule has 168 valence electrons. The number of hydrogen-bond acceptors (Lipinski definition) is 8. The number of nitrogens with one attached hydrogen (secondary N) is 3. The molecule has 0 amide bonds. The predicted molar refractivity (Wildman–Crippen MR) is 123 cm³/mol. The van der Waals surface area contributed by atoms with Crippen LogP contribution in [-0.4, -0.2) is 58.3 Å². The average Bonchev–Trinajstić information content (AvgIpc) is 3.60. The van der Waals surface area contributed by atoms with Crippen molar-refractivity contribution < 1.29 is 4.74 Å². The van der Waals surface area contributed by atoms with Crippen LogP contribution in [0.5, 0.6) is 0 Å². The predicted octanol–water partition coefficient (Wildman–Crippen LogP) is 3.76. The van der Waals surface area contributed by atoms with E-state index in [1.807, 2.05) is 6.07 Å². The molecule has 0 unspecified atom stereocenters. The fourth-order valence-electron chi connectivity index (χ4n) is 4.04. The van der Waals surface area contributed by atoms with E-state index < -0.39 is 0 Å². The van der Waals surface area contributed by atoms with Crippen molar-refractivity contribution in [3.05, 3.63) is 23.5 Å². The van der Waals surface area contributed by atoms with Gasteiger partial charge in [-0.05, 0) is 57.4 Å². The molecule has 2 saturated carbocycles. The molecule has 0 aromatic carbocycles. The van der Waals surface area contributed by atoms with Crippen LogP contribution in [0, 0.1) is 5.92 Å². The van der Waals surface area contributed by atoms with Crippen molar-refractivity contribution in [3.8, 4) is 11.4 Å². The molecule has 0 bridgehead atoms. The molecular formula is C22H32ClN7O. The Morgan fingerprint density at radius 1 is 1.06 bits per heavy atom. The minimum atomic E-state index is 0.353. The molecule has 2 aromatic heterocycles. The summed E-state index contributed by atoms with van der Waals surface area (Å²) in [4.78, 5) is 18.0. The zero-order valence-corrected chi connectivity index (χ0v) is 19.0. The average molecular weight is 446 g/mol. The smallest absolute Gasteiger partial charge is 0.223 e. The summed E-state index contributed by atoms with van der Waals surface area (Å²) in [6.45, 7) is 3.81. The van der Waals surface area contributed by atoms with E-state index in [0.717, 1.165) is 44.8 Å². The standard InChI is InChI=1S/C22H32ClN7O/c1-14(13-31-2)27-16-5-7-17(8-6-16)28-22-26-12-18(23)20(30-22)19-9-10-24-21(29-19)25-11-15-3-4-15/h9-10,12,14-17,27H,3-8,11,13H2,1-2H3,(H,24,25,29)(H,26,28,30)/t14-,16?,17?/m0/s1. The Hall–Kier alpha value is -2.03. The molecule has 0 saturated heterocycles. The van der Waals surface area contributed by atoms with Crippen molar-refractivity contribution in [2.24, 2.45) is 5.92 Å². The third-order valence-corrected chi connectivity index (χ3v) is 6.16. The second-order valence-electron chi connectivity index (χ2n) is 8.70. The van der Waals surface area contributed by atoms with E-state index in [4.69, 9.17) is 16.3 Å². The van der Waals surface area contributed by atoms with Crippen LogP contribution in [0.15, 0.2) is 18.5 Å². The largest absolute Gasteiger partial charge is 0.383 e. The summed E-state index contributed by atoms with van der Waals surface area (Å²) in [6, 6.07) is 3.09. The van der Waals surface area contributed by atoms with Gasteiger partial charge in [-0.15, -0.1) is 0 Å². The lowest BCUT2D eigenvalue weighted by atomic mass is 9.91. The molecule has 2 aromatic rings. The van der Waals surface area contributed by atoms with Gasteiger partial charge < -0.3 is 20.7 Å². The molecule has 8 nitrogen and oxygen atoms in total. The molecule has 3 N–H and O–H groups in total. The summed E-state index contributed by atoms with van der Waals surface area (Å²) in [6.07, 6.45) is 10.3. The van der Waals surface area contributed by atoms with E-state index in [0.29, 0.717) is 46.4 Å². The second kappa shape index (κ2) is 10.5. The maximum atomic E-state index is 6.40. The first kappa shape index (κ1) is 22.2. The van der Waals surface area contributed by atoms with E-state index in [1.165, 1.54) is 12.8 Å².